The highest BCUT2D eigenvalue weighted by molar-refractivity contribution is 6.07. The fourth-order valence-corrected chi connectivity index (χ4v) is 2.34. The van der Waals surface area contributed by atoms with Crippen LogP contribution in [0.3, 0.4) is 0 Å². The molecule has 1 aromatic carbocycles. The Bertz CT molecular complexity index is 523. The van der Waals surface area contributed by atoms with Gasteiger partial charge >= 0.3 is 0 Å². The van der Waals surface area contributed by atoms with Crippen LogP contribution in [0.15, 0.2) is 18.2 Å². The van der Waals surface area contributed by atoms with Gasteiger partial charge in [-0.25, -0.2) is 0 Å². The van der Waals surface area contributed by atoms with Crippen molar-refractivity contribution in [3.63, 3.8) is 0 Å². The summed E-state index contributed by atoms with van der Waals surface area (Å²) < 4.78 is 0. The van der Waals surface area contributed by atoms with Gasteiger partial charge in [0, 0.05) is 11.7 Å². The third kappa shape index (κ3) is 2.62. The first-order valence-electron chi connectivity index (χ1n) is 6.60. The highest BCUT2D eigenvalue weighted by Gasteiger charge is 2.39. The maximum atomic E-state index is 12.2. The second kappa shape index (κ2) is 5.03. The molecule has 0 aromatic heterocycles. The van der Waals surface area contributed by atoms with Crippen LogP contribution in [0.2, 0.25) is 0 Å². The number of likely N-dealkylation sites (tertiary alicyclic amines) is 1. The molecule has 1 saturated heterocycles. The van der Waals surface area contributed by atoms with E-state index in [0.29, 0.717) is 0 Å². The molecule has 2 rings (SSSR count). The van der Waals surface area contributed by atoms with Gasteiger partial charge in [0.2, 0.25) is 5.91 Å². The maximum Gasteiger partial charge on any atom is 0.252 e. The molecular formula is C15H20N2O2. The van der Waals surface area contributed by atoms with Gasteiger partial charge in [0.1, 0.15) is 6.04 Å². The van der Waals surface area contributed by atoms with E-state index < -0.39 is 6.04 Å². The van der Waals surface area contributed by atoms with Crippen molar-refractivity contribution in [1.82, 2.24) is 4.90 Å². The zero-order valence-corrected chi connectivity index (χ0v) is 11.9. The van der Waals surface area contributed by atoms with E-state index in [9.17, 15) is 9.59 Å². The Labute approximate surface area is 113 Å². The summed E-state index contributed by atoms with van der Waals surface area (Å²) in [7, 11) is 0. The average molecular weight is 260 g/mol. The largest absolute Gasteiger partial charge is 0.373 e. The molecule has 0 spiro atoms. The van der Waals surface area contributed by atoms with Crippen molar-refractivity contribution in [2.24, 2.45) is 0 Å². The maximum absolute atomic E-state index is 12.2. The molecule has 2 amide bonds. The number of carbonyl (C=O) groups excluding carboxylic acids is 2. The molecule has 19 heavy (non-hydrogen) atoms. The number of hydrogen-bond donors (Lipinski definition) is 1. The van der Waals surface area contributed by atoms with Gasteiger partial charge in [0.05, 0.1) is 6.42 Å². The highest BCUT2D eigenvalue weighted by atomic mass is 16.2. The first-order valence-corrected chi connectivity index (χ1v) is 6.60. The molecule has 0 radical (unpaired) electrons. The van der Waals surface area contributed by atoms with E-state index in [1.165, 1.54) is 16.0 Å². The fourth-order valence-electron chi connectivity index (χ4n) is 2.34. The molecular weight excluding hydrogens is 240 g/mol. The van der Waals surface area contributed by atoms with Gasteiger partial charge in [-0.3, -0.25) is 14.5 Å². The second-order valence-electron chi connectivity index (χ2n) is 5.40. The zero-order chi connectivity index (χ0) is 14.2. The minimum atomic E-state index is -0.433. The van der Waals surface area contributed by atoms with Gasteiger partial charge in [-0.2, -0.15) is 0 Å². The Balaban J connectivity index is 2.14. The quantitative estimate of drug-likeness (QED) is 0.848. The lowest BCUT2D eigenvalue weighted by molar-refractivity contribution is -0.140. The van der Waals surface area contributed by atoms with Crippen molar-refractivity contribution >= 4 is 17.5 Å². The first kappa shape index (κ1) is 13.6. The Morgan fingerprint density at radius 2 is 1.89 bits per heavy atom. The van der Waals surface area contributed by atoms with Gasteiger partial charge < -0.3 is 5.32 Å². The molecule has 1 aliphatic heterocycles. The lowest BCUT2D eigenvalue weighted by Crippen LogP contribution is -2.39. The van der Waals surface area contributed by atoms with E-state index in [2.05, 4.69) is 5.32 Å². The molecule has 0 bridgehead atoms. The van der Waals surface area contributed by atoms with Crippen molar-refractivity contribution in [2.75, 3.05) is 5.32 Å². The van der Waals surface area contributed by atoms with Crippen LogP contribution in [0.1, 0.15) is 31.4 Å². The Hall–Kier alpha value is -1.84. The number of anilines is 1. The van der Waals surface area contributed by atoms with Crippen LogP contribution in [0.5, 0.6) is 0 Å². The Morgan fingerprint density at radius 3 is 2.42 bits per heavy atom. The smallest absolute Gasteiger partial charge is 0.252 e. The Morgan fingerprint density at radius 1 is 1.21 bits per heavy atom. The second-order valence-corrected chi connectivity index (χ2v) is 5.40. The summed E-state index contributed by atoms with van der Waals surface area (Å²) in [5, 5.41) is 3.16. The third-order valence-corrected chi connectivity index (χ3v) is 3.55. The number of benzene rings is 1. The van der Waals surface area contributed by atoms with Crippen LogP contribution >= 0.6 is 0 Å². The van der Waals surface area contributed by atoms with Gasteiger partial charge in [0.15, 0.2) is 0 Å². The van der Waals surface area contributed by atoms with Crippen LogP contribution in [0, 0.1) is 13.8 Å². The number of aryl methyl sites for hydroxylation is 2. The van der Waals surface area contributed by atoms with Crippen molar-refractivity contribution in [1.29, 1.82) is 0 Å². The minimum absolute atomic E-state index is 0.0773. The van der Waals surface area contributed by atoms with E-state index in [0.717, 1.165) is 5.69 Å². The molecule has 0 saturated carbocycles. The summed E-state index contributed by atoms with van der Waals surface area (Å²) >= 11 is 0. The van der Waals surface area contributed by atoms with Crippen LogP contribution in [0.4, 0.5) is 5.69 Å². The predicted molar refractivity (Wildman–Crippen MR) is 74.9 cm³/mol. The van der Waals surface area contributed by atoms with Crippen LogP contribution in [0.25, 0.3) is 0 Å². The van der Waals surface area contributed by atoms with Gasteiger partial charge in [-0.15, -0.1) is 0 Å². The number of nitrogens with one attached hydrogen (secondary N) is 1. The monoisotopic (exact) mass is 260 g/mol. The van der Waals surface area contributed by atoms with Crippen molar-refractivity contribution in [2.45, 2.75) is 46.2 Å². The molecule has 1 N–H and O–H groups in total. The summed E-state index contributed by atoms with van der Waals surface area (Å²) in [4.78, 5) is 25.3. The lowest BCUT2D eigenvalue weighted by atomic mass is 10.1. The molecule has 1 aromatic rings. The van der Waals surface area contributed by atoms with Crippen LogP contribution < -0.4 is 5.32 Å². The molecule has 1 unspecified atom stereocenters. The number of nitrogens with zero attached hydrogens (tertiary/aromatic N) is 1. The summed E-state index contributed by atoms with van der Waals surface area (Å²) in [6, 6.07) is 5.45. The van der Waals surface area contributed by atoms with E-state index >= 15 is 0 Å². The lowest BCUT2D eigenvalue weighted by Gasteiger charge is -2.19. The van der Waals surface area contributed by atoms with E-state index in [1.54, 1.807) is 0 Å². The predicted octanol–water partition coefficient (Wildman–Crippen LogP) is 2.25. The molecule has 1 atom stereocenters. The van der Waals surface area contributed by atoms with Crippen LogP contribution in [-0.4, -0.2) is 28.8 Å². The zero-order valence-electron chi connectivity index (χ0n) is 11.9. The normalized spacial score (nSPS) is 19.4. The number of carbonyl (C=O) groups is 2. The molecule has 102 valence electrons. The number of rotatable bonds is 3. The average Bonchev–Trinajstić information content (AvgIpc) is 2.59. The van der Waals surface area contributed by atoms with Crippen molar-refractivity contribution in [3.05, 3.63) is 29.3 Å². The molecule has 1 fully saturated rings. The van der Waals surface area contributed by atoms with Crippen LogP contribution in [-0.2, 0) is 9.59 Å². The Kier molecular flexibility index (Phi) is 3.60. The van der Waals surface area contributed by atoms with E-state index in [4.69, 9.17) is 0 Å². The summed E-state index contributed by atoms with van der Waals surface area (Å²) in [5.74, 6) is -0.223. The van der Waals surface area contributed by atoms with Crippen molar-refractivity contribution in [3.8, 4) is 0 Å². The SMILES string of the molecule is Cc1ccc(NC2CC(=O)N(C(C)C)C2=O)cc1C. The standard InChI is InChI=1S/C15H20N2O2/c1-9(2)17-14(18)8-13(15(17)19)16-12-6-5-10(3)11(4)7-12/h5-7,9,13,16H,8H2,1-4H3. The van der Waals surface area contributed by atoms with Gasteiger partial charge in [0.25, 0.3) is 5.91 Å². The number of hydrogen-bond acceptors (Lipinski definition) is 3. The molecule has 4 nitrogen and oxygen atoms in total. The molecule has 1 aliphatic rings. The summed E-state index contributed by atoms with van der Waals surface area (Å²) in [6.07, 6.45) is 0.240. The van der Waals surface area contributed by atoms with Crippen molar-refractivity contribution < 1.29 is 9.59 Å². The fraction of sp³-hybridized carbons (Fsp3) is 0.467. The summed E-state index contributed by atoms with van der Waals surface area (Å²) in [5.41, 5.74) is 3.27. The summed E-state index contributed by atoms with van der Waals surface area (Å²) in [6.45, 7) is 7.79. The van der Waals surface area contributed by atoms with E-state index in [1.807, 2.05) is 45.9 Å². The topological polar surface area (TPSA) is 49.4 Å². The molecule has 1 heterocycles. The van der Waals surface area contributed by atoms with Gasteiger partial charge in [-0.05, 0) is 51.0 Å². The highest BCUT2D eigenvalue weighted by Crippen LogP contribution is 2.21. The number of imide groups is 1. The minimum Gasteiger partial charge on any atom is -0.373 e. The first-order chi connectivity index (χ1) is 8.90. The molecule has 4 heteroatoms. The number of amides is 2. The van der Waals surface area contributed by atoms with Gasteiger partial charge in [-0.1, -0.05) is 6.07 Å². The van der Waals surface area contributed by atoms with E-state index in [-0.39, 0.29) is 24.3 Å². The molecule has 0 aliphatic carbocycles. The third-order valence-electron chi connectivity index (χ3n) is 3.55.